The van der Waals surface area contributed by atoms with Crippen molar-refractivity contribution in [2.75, 3.05) is 7.11 Å². The molecule has 0 saturated carbocycles. The highest BCUT2D eigenvalue weighted by Crippen LogP contribution is 2.21. The lowest BCUT2D eigenvalue weighted by Gasteiger charge is -2.15. The molecule has 3 aromatic rings. The molecule has 6 nitrogen and oxygen atoms in total. The van der Waals surface area contributed by atoms with Crippen LogP contribution in [0.5, 0.6) is 11.5 Å². The smallest absolute Gasteiger partial charge is 0.279 e. The molecule has 0 saturated heterocycles. The Labute approximate surface area is 169 Å². The minimum absolute atomic E-state index is 0.461. The molecule has 0 spiro atoms. The number of hydrogen-bond acceptors (Lipinski definition) is 4. The predicted octanol–water partition coefficient (Wildman–Crippen LogP) is 3.48. The SMILES string of the molecule is COc1ccccc1/C=C/C(=O)NNC(=O)[C@@H](C)Oc1ccc2ccccc2c1. The Morgan fingerprint density at radius 3 is 2.45 bits per heavy atom. The highest BCUT2D eigenvalue weighted by Gasteiger charge is 2.15. The number of rotatable bonds is 6. The normalized spacial score (nSPS) is 11.8. The lowest BCUT2D eigenvalue weighted by atomic mass is 10.1. The van der Waals surface area contributed by atoms with Gasteiger partial charge in [0.05, 0.1) is 7.11 Å². The molecule has 0 unspecified atom stereocenters. The third-order valence-corrected chi connectivity index (χ3v) is 4.27. The van der Waals surface area contributed by atoms with Gasteiger partial charge in [-0.2, -0.15) is 0 Å². The molecule has 29 heavy (non-hydrogen) atoms. The van der Waals surface area contributed by atoms with E-state index in [9.17, 15) is 9.59 Å². The standard InChI is InChI=1S/C23H22N2O4/c1-16(29-20-13-11-17-7-3-4-9-19(17)15-20)23(27)25-24-22(26)14-12-18-8-5-6-10-21(18)28-2/h3-16H,1-2H3,(H,24,26)(H,25,27)/b14-12+/t16-/m1/s1. The van der Waals surface area contributed by atoms with Gasteiger partial charge in [0.15, 0.2) is 6.10 Å². The zero-order valence-electron chi connectivity index (χ0n) is 16.2. The predicted molar refractivity (Wildman–Crippen MR) is 112 cm³/mol. The summed E-state index contributed by atoms with van der Waals surface area (Å²) in [5.74, 6) is 0.297. The second-order valence-electron chi connectivity index (χ2n) is 6.32. The van der Waals surface area contributed by atoms with Crippen molar-refractivity contribution in [1.82, 2.24) is 10.9 Å². The van der Waals surface area contributed by atoms with Gasteiger partial charge in [0.25, 0.3) is 11.8 Å². The van der Waals surface area contributed by atoms with Crippen molar-refractivity contribution in [2.45, 2.75) is 13.0 Å². The molecule has 0 radical (unpaired) electrons. The summed E-state index contributed by atoms with van der Waals surface area (Å²) in [5, 5.41) is 2.11. The highest BCUT2D eigenvalue weighted by molar-refractivity contribution is 5.94. The van der Waals surface area contributed by atoms with Crippen LogP contribution in [-0.2, 0) is 9.59 Å². The van der Waals surface area contributed by atoms with Crippen LogP contribution in [-0.4, -0.2) is 25.0 Å². The first-order valence-electron chi connectivity index (χ1n) is 9.13. The van der Waals surface area contributed by atoms with Gasteiger partial charge in [0.1, 0.15) is 11.5 Å². The molecule has 2 amide bonds. The lowest BCUT2D eigenvalue weighted by Crippen LogP contribution is -2.46. The Hall–Kier alpha value is -3.80. The van der Waals surface area contributed by atoms with Crippen molar-refractivity contribution < 1.29 is 19.1 Å². The first kappa shape index (κ1) is 19.9. The molecule has 2 N–H and O–H groups in total. The number of benzene rings is 3. The van der Waals surface area contributed by atoms with E-state index in [0.29, 0.717) is 11.5 Å². The van der Waals surface area contributed by atoms with Crippen molar-refractivity contribution >= 4 is 28.7 Å². The fraction of sp³-hybridized carbons (Fsp3) is 0.130. The van der Waals surface area contributed by atoms with E-state index in [1.807, 2.05) is 54.6 Å². The van der Waals surface area contributed by atoms with Crippen LogP contribution >= 0.6 is 0 Å². The summed E-state index contributed by atoms with van der Waals surface area (Å²) in [6, 6.07) is 20.8. The van der Waals surface area contributed by atoms with Gasteiger partial charge in [-0.15, -0.1) is 0 Å². The maximum atomic E-state index is 12.2. The number of nitrogens with one attached hydrogen (secondary N) is 2. The van der Waals surface area contributed by atoms with Crippen molar-refractivity contribution in [3.8, 4) is 11.5 Å². The van der Waals surface area contributed by atoms with Crippen molar-refractivity contribution in [3.63, 3.8) is 0 Å². The first-order chi connectivity index (χ1) is 14.1. The quantitative estimate of drug-likeness (QED) is 0.499. The summed E-state index contributed by atoms with van der Waals surface area (Å²) in [4.78, 5) is 24.1. The Kier molecular flexibility index (Phi) is 6.47. The number of amides is 2. The van der Waals surface area contributed by atoms with Crippen LogP contribution in [0.1, 0.15) is 12.5 Å². The van der Waals surface area contributed by atoms with Gasteiger partial charge in [-0.25, -0.2) is 0 Å². The van der Waals surface area contributed by atoms with Crippen molar-refractivity contribution in [3.05, 3.63) is 78.4 Å². The summed E-state index contributed by atoms with van der Waals surface area (Å²) in [7, 11) is 1.56. The topological polar surface area (TPSA) is 76.7 Å². The van der Waals surface area contributed by atoms with Gasteiger partial charge in [-0.05, 0) is 42.0 Å². The van der Waals surface area contributed by atoms with Crippen LogP contribution in [0.4, 0.5) is 0 Å². The molecular weight excluding hydrogens is 368 g/mol. The molecule has 6 heteroatoms. The van der Waals surface area contributed by atoms with Crippen molar-refractivity contribution in [1.29, 1.82) is 0 Å². The second kappa shape index (κ2) is 9.41. The zero-order valence-corrected chi connectivity index (χ0v) is 16.2. The monoisotopic (exact) mass is 390 g/mol. The number of para-hydroxylation sites is 1. The largest absolute Gasteiger partial charge is 0.496 e. The summed E-state index contributed by atoms with van der Waals surface area (Å²) in [6.07, 6.45) is 2.14. The molecule has 0 heterocycles. The molecule has 0 fully saturated rings. The third kappa shape index (κ3) is 5.35. The van der Waals surface area contributed by atoms with E-state index in [1.54, 1.807) is 32.2 Å². The zero-order chi connectivity index (χ0) is 20.6. The first-order valence-corrected chi connectivity index (χ1v) is 9.13. The molecule has 3 rings (SSSR count). The van der Waals surface area contributed by atoms with Crippen LogP contribution in [0.2, 0.25) is 0 Å². The Balaban J connectivity index is 1.52. The maximum absolute atomic E-state index is 12.2. The van der Waals surface area contributed by atoms with Crippen LogP contribution in [0.3, 0.4) is 0 Å². The van der Waals surface area contributed by atoms with Crippen LogP contribution < -0.4 is 20.3 Å². The molecular formula is C23H22N2O4. The van der Waals surface area contributed by atoms with Gasteiger partial charge in [-0.1, -0.05) is 48.5 Å². The minimum Gasteiger partial charge on any atom is -0.496 e. The number of methoxy groups -OCH3 is 1. The average molecular weight is 390 g/mol. The third-order valence-electron chi connectivity index (χ3n) is 4.27. The van der Waals surface area contributed by atoms with E-state index in [2.05, 4.69) is 10.9 Å². The van der Waals surface area contributed by atoms with Crippen molar-refractivity contribution in [2.24, 2.45) is 0 Å². The van der Waals surface area contributed by atoms with Gasteiger partial charge >= 0.3 is 0 Å². The second-order valence-corrected chi connectivity index (χ2v) is 6.32. The van der Waals surface area contributed by atoms with Crippen LogP contribution in [0.15, 0.2) is 72.8 Å². The summed E-state index contributed by atoms with van der Waals surface area (Å²) in [6.45, 7) is 1.61. The number of carbonyl (C=O) groups is 2. The highest BCUT2D eigenvalue weighted by atomic mass is 16.5. The molecule has 3 aromatic carbocycles. The molecule has 0 aliphatic carbocycles. The van der Waals surface area contributed by atoms with E-state index in [4.69, 9.17) is 9.47 Å². The maximum Gasteiger partial charge on any atom is 0.279 e. The van der Waals surface area contributed by atoms with Crippen LogP contribution in [0, 0.1) is 0 Å². The van der Waals surface area contributed by atoms with E-state index < -0.39 is 17.9 Å². The number of hydrogen-bond donors (Lipinski definition) is 2. The number of carbonyl (C=O) groups excluding carboxylic acids is 2. The molecule has 0 aromatic heterocycles. The van der Waals surface area contributed by atoms with E-state index in [1.165, 1.54) is 6.08 Å². The average Bonchev–Trinajstić information content (AvgIpc) is 2.76. The molecule has 0 aliphatic rings. The molecule has 0 bridgehead atoms. The number of ether oxygens (including phenoxy) is 2. The van der Waals surface area contributed by atoms with Gasteiger partial charge < -0.3 is 9.47 Å². The summed E-state index contributed by atoms with van der Waals surface area (Å²) < 4.78 is 10.9. The Morgan fingerprint density at radius 1 is 0.931 bits per heavy atom. The Bertz CT molecular complexity index is 1050. The fourth-order valence-corrected chi connectivity index (χ4v) is 2.73. The molecule has 0 aliphatic heterocycles. The number of fused-ring (bicyclic) bond motifs is 1. The van der Waals surface area contributed by atoms with Gasteiger partial charge in [-0.3, -0.25) is 20.4 Å². The fourth-order valence-electron chi connectivity index (χ4n) is 2.73. The number of hydrazine groups is 1. The van der Waals surface area contributed by atoms with Gasteiger partial charge in [0, 0.05) is 11.6 Å². The molecule has 1 atom stereocenters. The lowest BCUT2D eigenvalue weighted by molar-refractivity contribution is -0.131. The Morgan fingerprint density at radius 2 is 1.66 bits per heavy atom. The summed E-state index contributed by atoms with van der Waals surface area (Å²) >= 11 is 0. The minimum atomic E-state index is -0.783. The van der Waals surface area contributed by atoms with E-state index in [0.717, 1.165) is 16.3 Å². The molecule has 148 valence electrons. The van der Waals surface area contributed by atoms with E-state index >= 15 is 0 Å². The van der Waals surface area contributed by atoms with Gasteiger partial charge in [0.2, 0.25) is 0 Å². The van der Waals surface area contributed by atoms with Crippen LogP contribution in [0.25, 0.3) is 16.8 Å². The van der Waals surface area contributed by atoms with E-state index in [-0.39, 0.29) is 0 Å². The summed E-state index contributed by atoms with van der Waals surface area (Å²) in [5.41, 5.74) is 5.45.